The maximum absolute atomic E-state index is 16.7. The maximum Gasteiger partial charge on any atom is 0.186 e. The van der Waals surface area contributed by atoms with Crippen LogP contribution in [0.1, 0.15) is 105 Å². The molecule has 8 heteroatoms. The van der Waals surface area contributed by atoms with Gasteiger partial charge in [-0.3, -0.25) is 0 Å². The lowest BCUT2D eigenvalue weighted by molar-refractivity contribution is 0.394. The van der Waals surface area contributed by atoms with Gasteiger partial charge in [0.25, 0.3) is 0 Å². The van der Waals surface area contributed by atoms with Crippen LogP contribution >= 0.6 is 14.3 Å². The van der Waals surface area contributed by atoms with Crippen molar-refractivity contribution in [2.24, 2.45) is 0 Å². The second-order valence-corrected chi connectivity index (χ2v) is 24.6. The minimum Gasteiger partial charge on any atom is -0.452 e. The van der Waals surface area contributed by atoms with Crippen molar-refractivity contribution in [3.05, 3.63) is 95.1 Å². The molecule has 0 bridgehead atoms. The van der Waals surface area contributed by atoms with Crippen molar-refractivity contribution < 1.29 is 28.1 Å². The molecule has 0 spiro atoms. The summed E-state index contributed by atoms with van der Waals surface area (Å²) in [6, 6.07) is 24.0. The predicted octanol–water partition coefficient (Wildman–Crippen LogP) is 10.6. The highest BCUT2D eigenvalue weighted by Gasteiger charge is 2.56. The zero-order chi connectivity index (χ0) is 38.7. The highest BCUT2D eigenvalue weighted by Crippen LogP contribution is 2.68. The molecule has 5 aromatic rings. The molecule has 0 atom stereocenters. The number of fused-ring (bicyclic) bond motifs is 10. The highest BCUT2D eigenvalue weighted by atomic mass is 31.2. The summed E-state index contributed by atoms with van der Waals surface area (Å²) in [5.74, 6) is 2.98. The molecule has 0 amide bonds. The van der Waals surface area contributed by atoms with Crippen molar-refractivity contribution in [3.63, 3.8) is 0 Å². The Morgan fingerprint density at radius 3 is 0.741 bits per heavy atom. The molecule has 0 radical (unpaired) electrons. The normalized spacial score (nSPS) is 16.8. The van der Waals surface area contributed by atoms with Crippen LogP contribution in [0, 0.1) is 0 Å². The van der Waals surface area contributed by atoms with E-state index in [1.165, 1.54) is 0 Å². The quantitative estimate of drug-likeness (QED) is 0.143. The van der Waals surface area contributed by atoms with E-state index in [4.69, 9.17) is 18.9 Å². The number of hydrogen-bond acceptors (Lipinski definition) is 6. The fraction of sp³-hybridized carbons (Fsp3) is 0.348. The van der Waals surface area contributed by atoms with E-state index in [0.29, 0.717) is 54.8 Å². The summed E-state index contributed by atoms with van der Waals surface area (Å²) in [6.45, 7) is 25.8. The molecular weight excluding hydrogens is 710 g/mol. The summed E-state index contributed by atoms with van der Waals surface area (Å²) < 4.78 is 60.9. The van der Waals surface area contributed by atoms with E-state index in [-0.39, 0.29) is 44.7 Å². The van der Waals surface area contributed by atoms with Crippen molar-refractivity contribution in [1.82, 2.24) is 0 Å². The number of hydrogen-bond donors (Lipinski definition) is 0. The monoisotopic (exact) mass is 758 g/mol. The van der Waals surface area contributed by atoms with Crippen LogP contribution in [0.2, 0.25) is 0 Å². The van der Waals surface area contributed by atoms with Crippen molar-refractivity contribution >= 4 is 46.1 Å². The molecule has 6 nitrogen and oxygen atoms in total. The summed E-state index contributed by atoms with van der Waals surface area (Å²) in [7, 11) is -7.48. The third-order valence-corrected chi connectivity index (χ3v) is 17.6. The van der Waals surface area contributed by atoms with Crippen LogP contribution in [0.25, 0.3) is 0 Å². The lowest BCUT2D eigenvalue weighted by Gasteiger charge is -2.42. The summed E-state index contributed by atoms with van der Waals surface area (Å²) >= 11 is 0. The first-order chi connectivity index (χ1) is 25.0. The Hall–Kier alpha value is -4.24. The Bertz CT molecular complexity index is 2260. The second kappa shape index (κ2) is 10.7. The van der Waals surface area contributed by atoms with Crippen molar-refractivity contribution in [1.29, 1.82) is 0 Å². The summed E-state index contributed by atoms with van der Waals surface area (Å²) in [5.41, 5.74) is 3.28. The van der Waals surface area contributed by atoms with E-state index < -0.39 is 14.3 Å². The number of ether oxygens (including phenoxy) is 4. The van der Waals surface area contributed by atoms with E-state index in [1.54, 1.807) is 0 Å². The smallest absolute Gasteiger partial charge is 0.186 e. The second-order valence-electron chi connectivity index (χ2n) is 19.4. The van der Waals surface area contributed by atoms with Crippen molar-refractivity contribution in [3.8, 4) is 46.0 Å². The Kier molecular flexibility index (Phi) is 7.05. The van der Waals surface area contributed by atoms with Crippen LogP contribution in [-0.2, 0) is 30.8 Å². The van der Waals surface area contributed by atoms with Gasteiger partial charge in [-0.05, 0) is 92.4 Å². The largest absolute Gasteiger partial charge is 0.452 e. The van der Waals surface area contributed by atoms with Gasteiger partial charge in [-0.1, -0.05) is 107 Å². The average Bonchev–Trinajstić information content (AvgIpc) is 3.07. The van der Waals surface area contributed by atoms with Crippen molar-refractivity contribution in [2.75, 3.05) is 0 Å². The zero-order valence-electron chi connectivity index (χ0n) is 33.3. The molecular formula is C46H48O6P2. The topological polar surface area (TPSA) is 71.1 Å². The molecule has 0 aliphatic carbocycles. The molecule has 0 unspecified atom stereocenters. The van der Waals surface area contributed by atoms with Crippen LogP contribution in [0.15, 0.2) is 72.8 Å². The third-order valence-electron chi connectivity index (χ3n) is 11.4. The lowest BCUT2D eigenvalue weighted by Crippen LogP contribution is -2.41. The highest BCUT2D eigenvalue weighted by molar-refractivity contribution is 7.87. The Morgan fingerprint density at radius 2 is 0.556 bits per heavy atom. The molecule has 0 saturated heterocycles. The molecule has 0 N–H and O–H groups in total. The van der Waals surface area contributed by atoms with E-state index in [1.807, 2.05) is 72.8 Å². The number of benzene rings is 5. The standard InChI is InChI=1S/C46H48O6P2/c1-43(2,3)25-13-17-29-33(21-25)53(47)34-22-26(44(4,5)6)14-18-30(34)50-38-40-42-39(37(49-29)41(38)53)51-31-19-15-27(45(7,8)9)23-35(31)54(42,48)36-24-28(46(10,11)12)16-20-32(36)52-40/h13-24H,1-12H3. The molecule has 9 rings (SSSR count). The van der Waals surface area contributed by atoms with Crippen LogP contribution in [0.4, 0.5) is 0 Å². The van der Waals surface area contributed by atoms with Gasteiger partial charge in [-0.2, -0.15) is 0 Å². The first-order valence-corrected chi connectivity index (χ1v) is 22.2. The molecule has 5 aromatic carbocycles. The van der Waals surface area contributed by atoms with E-state index >= 15 is 9.13 Å². The zero-order valence-corrected chi connectivity index (χ0v) is 35.1. The fourth-order valence-electron chi connectivity index (χ4n) is 8.03. The summed E-state index contributed by atoms with van der Waals surface area (Å²) in [5, 5.41) is 3.17. The minimum atomic E-state index is -3.74. The molecule has 54 heavy (non-hydrogen) atoms. The lowest BCUT2D eigenvalue weighted by atomic mass is 9.87. The molecule has 4 aliphatic heterocycles. The van der Waals surface area contributed by atoms with Crippen LogP contribution in [-0.4, -0.2) is 0 Å². The van der Waals surface area contributed by atoms with Gasteiger partial charge in [0, 0.05) is 0 Å². The van der Waals surface area contributed by atoms with Crippen LogP contribution in [0.3, 0.4) is 0 Å². The first kappa shape index (κ1) is 35.5. The van der Waals surface area contributed by atoms with Gasteiger partial charge in [0.15, 0.2) is 37.3 Å². The predicted molar refractivity (Wildman–Crippen MR) is 220 cm³/mol. The number of rotatable bonds is 0. The molecule has 4 aliphatic rings. The van der Waals surface area contributed by atoms with Gasteiger partial charge in [0.2, 0.25) is 0 Å². The van der Waals surface area contributed by atoms with Gasteiger partial charge >= 0.3 is 0 Å². The summed E-state index contributed by atoms with van der Waals surface area (Å²) in [6.07, 6.45) is 0. The maximum atomic E-state index is 16.7. The van der Waals surface area contributed by atoms with Crippen LogP contribution in [0.5, 0.6) is 46.0 Å². The molecule has 0 saturated carbocycles. The van der Waals surface area contributed by atoms with Gasteiger partial charge in [0.1, 0.15) is 33.6 Å². The summed E-state index contributed by atoms with van der Waals surface area (Å²) in [4.78, 5) is 0. The Balaban J connectivity index is 1.42. The van der Waals surface area contributed by atoms with Gasteiger partial charge < -0.3 is 28.1 Å². The Morgan fingerprint density at radius 1 is 0.352 bits per heavy atom. The molecule has 278 valence electrons. The molecule has 0 aromatic heterocycles. The molecule has 0 fully saturated rings. The minimum absolute atomic E-state index is 0.217. The van der Waals surface area contributed by atoms with Gasteiger partial charge in [0.05, 0.1) is 21.2 Å². The SMILES string of the molecule is CC(C)(C)c1ccc2c(c1)P1(=O)c3cc(C(C)(C)C)ccc3Oc3c4c5c(c(c31)O2)Oc1ccc(C(C)(C)C)cc1P5(=O)c1cc(C(C)(C)C)ccc1O4. The van der Waals surface area contributed by atoms with E-state index in [2.05, 4.69) is 83.1 Å². The van der Waals surface area contributed by atoms with E-state index in [0.717, 1.165) is 22.3 Å². The average molecular weight is 759 g/mol. The van der Waals surface area contributed by atoms with Crippen LogP contribution < -0.4 is 50.8 Å². The van der Waals surface area contributed by atoms with E-state index in [9.17, 15) is 0 Å². The first-order valence-electron chi connectivity index (χ1n) is 18.8. The fourth-order valence-corrected chi connectivity index (χ4v) is 14.3. The van der Waals surface area contributed by atoms with Crippen molar-refractivity contribution in [2.45, 2.75) is 105 Å². The Labute approximate surface area is 319 Å². The third kappa shape index (κ3) is 4.78. The molecule has 4 heterocycles. The van der Waals surface area contributed by atoms with Gasteiger partial charge in [-0.25, -0.2) is 0 Å². The van der Waals surface area contributed by atoms with Gasteiger partial charge in [-0.15, -0.1) is 0 Å².